The molecule has 5 rings (SSSR count). The second-order valence-electron chi connectivity index (χ2n) is 11.1. The molecule has 5 aromatic rings. The highest BCUT2D eigenvalue weighted by Crippen LogP contribution is 2.29. The van der Waals surface area contributed by atoms with Crippen LogP contribution in [0.4, 0.5) is 0 Å². The fraction of sp³-hybridized carbons (Fsp3) is 0.250. The molecule has 9 heteroatoms. The number of aromatic nitrogens is 1. The number of aromatic hydroxyl groups is 1. The van der Waals surface area contributed by atoms with Crippen molar-refractivity contribution >= 4 is 16.8 Å². The molecule has 9 nitrogen and oxygen atoms in total. The molecule has 0 saturated carbocycles. The van der Waals surface area contributed by atoms with E-state index in [1.54, 1.807) is 19.2 Å². The molecule has 0 aliphatic carbocycles. The van der Waals surface area contributed by atoms with E-state index in [2.05, 4.69) is 21.7 Å². The molecule has 4 aromatic carbocycles. The number of ether oxygens (including phenoxy) is 2. The summed E-state index contributed by atoms with van der Waals surface area (Å²) in [6, 6.07) is 28.1. The predicted octanol–water partition coefficient (Wildman–Crippen LogP) is 5.14. The zero-order chi connectivity index (χ0) is 31.8. The minimum atomic E-state index is -0.783. The molecule has 0 radical (unpaired) electrons. The maximum atomic E-state index is 13.2. The summed E-state index contributed by atoms with van der Waals surface area (Å²) in [5, 5.41) is 37.0. The van der Waals surface area contributed by atoms with Gasteiger partial charge in [0, 0.05) is 29.1 Å². The fourth-order valence-corrected chi connectivity index (χ4v) is 5.27. The summed E-state index contributed by atoms with van der Waals surface area (Å²) in [6.45, 7) is 2.69. The van der Waals surface area contributed by atoms with E-state index < -0.39 is 6.10 Å². The van der Waals surface area contributed by atoms with E-state index in [4.69, 9.17) is 9.47 Å². The van der Waals surface area contributed by atoms with Crippen molar-refractivity contribution in [3.8, 4) is 17.2 Å². The first-order valence-corrected chi connectivity index (χ1v) is 14.9. The second kappa shape index (κ2) is 14.8. The van der Waals surface area contributed by atoms with E-state index in [0.29, 0.717) is 47.9 Å². The van der Waals surface area contributed by atoms with E-state index in [0.717, 1.165) is 27.6 Å². The van der Waals surface area contributed by atoms with Gasteiger partial charge in [-0.25, -0.2) is 0 Å². The van der Waals surface area contributed by atoms with Gasteiger partial charge >= 0.3 is 0 Å². The summed E-state index contributed by atoms with van der Waals surface area (Å²) in [6.07, 6.45) is -0.0687. The number of aliphatic hydroxyl groups excluding tert-OH is 2. The fourth-order valence-electron chi connectivity index (χ4n) is 5.27. The summed E-state index contributed by atoms with van der Waals surface area (Å²) < 4.78 is 11.6. The van der Waals surface area contributed by atoms with Gasteiger partial charge in [-0.05, 0) is 72.5 Å². The number of methoxy groups -OCH3 is 1. The van der Waals surface area contributed by atoms with E-state index >= 15 is 0 Å². The number of fused-ring (bicyclic) bond motifs is 1. The standard InChI is InChI=1S/C36H39N3O6/c1-23(37-20-33(42)26-12-14-32(41)28(17-26)21-40)15-25-11-13-30-27(16-25)18-31(39-30)36(43)38-19-29-34(44-2)9-6-10-35(29)45-22-24-7-4-3-5-8-24/h3-14,16-18,23,33,37,39-42H,15,19-22H2,1-2H3,(H,38,43)/t23?,33-/m0/s1. The van der Waals surface area contributed by atoms with Gasteiger partial charge < -0.3 is 40.4 Å². The van der Waals surface area contributed by atoms with E-state index in [9.17, 15) is 20.1 Å². The summed E-state index contributed by atoms with van der Waals surface area (Å²) >= 11 is 0. The topological polar surface area (TPSA) is 136 Å². The van der Waals surface area contributed by atoms with Crippen molar-refractivity contribution in [3.05, 3.63) is 125 Å². The van der Waals surface area contributed by atoms with Crippen LogP contribution in [0.25, 0.3) is 10.9 Å². The Morgan fingerprint density at radius 2 is 1.73 bits per heavy atom. The van der Waals surface area contributed by atoms with Gasteiger partial charge in [0.2, 0.25) is 0 Å². The van der Waals surface area contributed by atoms with Crippen LogP contribution < -0.4 is 20.1 Å². The molecule has 0 aliphatic heterocycles. The third-order valence-corrected chi connectivity index (χ3v) is 7.76. The first kappa shape index (κ1) is 31.6. The van der Waals surface area contributed by atoms with E-state index in [1.165, 1.54) is 6.07 Å². The van der Waals surface area contributed by atoms with Crippen LogP contribution in [-0.4, -0.2) is 45.9 Å². The molecule has 1 heterocycles. The van der Waals surface area contributed by atoms with Crippen LogP contribution in [0, 0.1) is 0 Å². The molecule has 45 heavy (non-hydrogen) atoms. The number of carbonyl (C=O) groups excluding carboxylic acids is 1. The molecule has 0 saturated heterocycles. The molecule has 2 atom stereocenters. The molecule has 0 spiro atoms. The Morgan fingerprint density at radius 1 is 0.933 bits per heavy atom. The number of nitrogens with one attached hydrogen (secondary N) is 3. The minimum absolute atomic E-state index is 0.00487. The second-order valence-corrected chi connectivity index (χ2v) is 11.1. The number of hydrogen-bond acceptors (Lipinski definition) is 7. The van der Waals surface area contributed by atoms with Crippen LogP contribution in [0.2, 0.25) is 0 Å². The van der Waals surface area contributed by atoms with Crippen molar-refractivity contribution in [2.45, 2.75) is 45.2 Å². The molecule has 0 fully saturated rings. The quantitative estimate of drug-likeness (QED) is 0.103. The molecule has 0 aliphatic rings. The van der Waals surface area contributed by atoms with Crippen LogP contribution in [0.1, 0.15) is 51.3 Å². The van der Waals surface area contributed by atoms with Crippen molar-refractivity contribution in [2.24, 2.45) is 0 Å². The number of aromatic amines is 1. The minimum Gasteiger partial charge on any atom is -0.508 e. The number of rotatable bonds is 14. The highest BCUT2D eigenvalue weighted by atomic mass is 16.5. The molecular formula is C36H39N3O6. The molecule has 1 aromatic heterocycles. The van der Waals surface area contributed by atoms with Gasteiger partial charge in [0.05, 0.1) is 31.9 Å². The molecule has 234 valence electrons. The van der Waals surface area contributed by atoms with Crippen LogP contribution >= 0.6 is 0 Å². The lowest BCUT2D eigenvalue weighted by Crippen LogP contribution is -2.32. The maximum absolute atomic E-state index is 13.2. The number of amides is 1. The number of H-pyrrole nitrogens is 1. The zero-order valence-corrected chi connectivity index (χ0v) is 25.4. The van der Waals surface area contributed by atoms with Crippen molar-refractivity contribution in [2.75, 3.05) is 13.7 Å². The first-order chi connectivity index (χ1) is 21.8. The molecule has 0 bridgehead atoms. The summed E-state index contributed by atoms with van der Waals surface area (Å²) in [7, 11) is 1.60. The summed E-state index contributed by atoms with van der Waals surface area (Å²) in [4.78, 5) is 16.4. The van der Waals surface area contributed by atoms with Crippen LogP contribution in [0.15, 0.2) is 91.0 Å². The Morgan fingerprint density at radius 3 is 2.51 bits per heavy atom. The van der Waals surface area contributed by atoms with Gasteiger partial charge in [0.1, 0.15) is 29.5 Å². The average molecular weight is 610 g/mol. The molecule has 1 unspecified atom stereocenters. The number of hydrogen-bond donors (Lipinski definition) is 6. The van der Waals surface area contributed by atoms with Crippen LogP contribution in [-0.2, 0) is 26.2 Å². The zero-order valence-electron chi connectivity index (χ0n) is 25.4. The van der Waals surface area contributed by atoms with Crippen LogP contribution in [0.5, 0.6) is 17.2 Å². The Kier molecular flexibility index (Phi) is 10.4. The lowest BCUT2D eigenvalue weighted by atomic mass is 10.0. The van der Waals surface area contributed by atoms with Gasteiger partial charge in [0.25, 0.3) is 5.91 Å². The Balaban J connectivity index is 1.18. The van der Waals surface area contributed by atoms with Gasteiger partial charge in [-0.1, -0.05) is 48.5 Å². The number of carbonyl (C=O) groups is 1. The number of benzene rings is 4. The Bertz CT molecular complexity index is 1740. The lowest BCUT2D eigenvalue weighted by Gasteiger charge is -2.18. The normalized spacial score (nSPS) is 12.5. The number of phenols is 1. The third-order valence-electron chi connectivity index (χ3n) is 7.76. The largest absolute Gasteiger partial charge is 0.508 e. The first-order valence-electron chi connectivity index (χ1n) is 14.9. The monoisotopic (exact) mass is 609 g/mol. The smallest absolute Gasteiger partial charge is 0.268 e. The summed E-state index contributed by atoms with van der Waals surface area (Å²) in [5.41, 5.74) is 5.20. The van der Waals surface area contributed by atoms with E-state index in [1.807, 2.05) is 73.7 Å². The summed E-state index contributed by atoms with van der Waals surface area (Å²) in [5.74, 6) is 1.05. The van der Waals surface area contributed by atoms with Gasteiger partial charge in [-0.2, -0.15) is 0 Å². The number of aliphatic hydroxyl groups is 2. The van der Waals surface area contributed by atoms with Gasteiger partial charge in [-0.15, -0.1) is 0 Å². The SMILES string of the molecule is COc1cccc(OCc2ccccc2)c1CNC(=O)c1cc2cc(CC(C)NC[C@H](O)c3ccc(O)c(CO)c3)ccc2[nH]1. The van der Waals surface area contributed by atoms with Crippen molar-refractivity contribution < 1.29 is 29.6 Å². The highest BCUT2D eigenvalue weighted by Gasteiger charge is 2.16. The van der Waals surface area contributed by atoms with Gasteiger partial charge in [0.15, 0.2) is 0 Å². The van der Waals surface area contributed by atoms with Gasteiger partial charge in [-0.3, -0.25) is 4.79 Å². The van der Waals surface area contributed by atoms with Crippen LogP contribution in [0.3, 0.4) is 0 Å². The van der Waals surface area contributed by atoms with Crippen molar-refractivity contribution in [3.63, 3.8) is 0 Å². The average Bonchev–Trinajstić information content (AvgIpc) is 3.49. The Labute approximate surface area is 262 Å². The van der Waals surface area contributed by atoms with E-state index in [-0.39, 0.29) is 30.9 Å². The molecule has 6 N–H and O–H groups in total. The lowest BCUT2D eigenvalue weighted by molar-refractivity contribution is 0.0946. The third kappa shape index (κ3) is 8.02. The highest BCUT2D eigenvalue weighted by molar-refractivity contribution is 5.98. The van der Waals surface area contributed by atoms with Crippen molar-refractivity contribution in [1.82, 2.24) is 15.6 Å². The predicted molar refractivity (Wildman–Crippen MR) is 173 cm³/mol. The molecule has 1 amide bonds. The van der Waals surface area contributed by atoms with Crippen molar-refractivity contribution in [1.29, 1.82) is 0 Å². The Hall–Kier alpha value is -4.83. The maximum Gasteiger partial charge on any atom is 0.268 e. The molecular weight excluding hydrogens is 570 g/mol.